The average molecular weight is 296 g/mol. The standard InChI is InChI=1S/C15H17NO3.ClH/c1-2-4-13(5-3-1)19-15-10-14(18-12-15)11-16-6-8-17-9-7-16;/h1-5,10,12H,6-9,11H2;1H. The maximum atomic E-state index is 5.71. The first-order chi connectivity index (χ1) is 9.40. The molecule has 4 nitrogen and oxygen atoms in total. The van der Waals surface area contributed by atoms with Gasteiger partial charge in [0.1, 0.15) is 17.8 Å². The maximum Gasteiger partial charge on any atom is 0.165 e. The van der Waals surface area contributed by atoms with Crippen LogP contribution in [0.4, 0.5) is 0 Å². The van der Waals surface area contributed by atoms with Gasteiger partial charge in [-0.2, -0.15) is 0 Å². The minimum absolute atomic E-state index is 0. The van der Waals surface area contributed by atoms with Crippen molar-refractivity contribution in [2.45, 2.75) is 6.54 Å². The van der Waals surface area contributed by atoms with E-state index in [9.17, 15) is 0 Å². The Bertz CT molecular complexity index is 509. The second-order valence-corrected chi connectivity index (χ2v) is 4.55. The third kappa shape index (κ3) is 4.00. The normalized spacial score (nSPS) is 15.6. The zero-order chi connectivity index (χ0) is 12.9. The molecule has 0 aliphatic carbocycles. The molecule has 1 fully saturated rings. The number of nitrogens with zero attached hydrogens (tertiary/aromatic N) is 1. The van der Waals surface area contributed by atoms with E-state index in [0.717, 1.165) is 50.1 Å². The van der Waals surface area contributed by atoms with Gasteiger partial charge in [0.2, 0.25) is 0 Å². The van der Waals surface area contributed by atoms with Crippen molar-refractivity contribution < 1.29 is 13.9 Å². The zero-order valence-corrected chi connectivity index (χ0v) is 12.0. The topological polar surface area (TPSA) is 34.8 Å². The van der Waals surface area contributed by atoms with Crippen molar-refractivity contribution in [3.05, 3.63) is 48.4 Å². The number of morpholine rings is 1. The molecule has 2 heterocycles. The summed E-state index contributed by atoms with van der Waals surface area (Å²) in [5.41, 5.74) is 0. The summed E-state index contributed by atoms with van der Waals surface area (Å²) >= 11 is 0. The Labute approximate surface area is 124 Å². The molecule has 108 valence electrons. The van der Waals surface area contributed by atoms with Crippen molar-refractivity contribution in [3.8, 4) is 11.5 Å². The minimum atomic E-state index is 0. The number of hydrogen-bond donors (Lipinski definition) is 0. The van der Waals surface area contributed by atoms with E-state index < -0.39 is 0 Å². The van der Waals surface area contributed by atoms with Crippen LogP contribution in [0.3, 0.4) is 0 Å². The maximum absolute atomic E-state index is 5.71. The first kappa shape index (κ1) is 14.9. The lowest BCUT2D eigenvalue weighted by molar-refractivity contribution is 0.0313. The highest BCUT2D eigenvalue weighted by Crippen LogP contribution is 2.24. The molecule has 1 aliphatic rings. The van der Waals surface area contributed by atoms with Crippen LogP contribution in [0, 0.1) is 0 Å². The summed E-state index contributed by atoms with van der Waals surface area (Å²) in [7, 11) is 0. The second kappa shape index (κ2) is 7.33. The van der Waals surface area contributed by atoms with Crippen LogP contribution in [0.15, 0.2) is 47.1 Å². The number of furan rings is 1. The zero-order valence-electron chi connectivity index (χ0n) is 11.2. The fourth-order valence-corrected chi connectivity index (χ4v) is 2.10. The molecule has 1 saturated heterocycles. The van der Waals surface area contributed by atoms with Gasteiger partial charge in [-0.15, -0.1) is 12.4 Å². The lowest BCUT2D eigenvalue weighted by Gasteiger charge is -2.25. The Morgan fingerprint density at radius 1 is 1.05 bits per heavy atom. The van der Waals surface area contributed by atoms with Gasteiger partial charge in [0.15, 0.2) is 5.75 Å². The predicted octanol–water partition coefficient (Wildman–Crippen LogP) is 3.33. The molecule has 0 unspecified atom stereocenters. The van der Waals surface area contributed by atoms with Crippen molar-refractivity contribution in [1.29, 1.82) is 0 Å². The van der Waals surface area contributed by atoms with E-state index in [0.29, 0.717) is 0 Å². The van der Waals surface area contributed by atoms with Crippen molar-refractivity contribution in [1.82, 2.24) is 4.90 Å². The van der Waals surface area contributed by atoms with Crippen molar-refractivity contribution in [2.24, 2.45) is 0 Å². The third-order valence-electron chi connectivity index (χ3n) is 3.09. The van der Waals surface area contributed by atoms with Crippen LogP contribution in [-0.2, 0) is 11.3 Å². The summed E-state index contributed by atoms with van der Waals surface area (Å²) in [4.78, 5) is 2.31. The summed E-state index contributed by atoms with van der Waals surface area (Å²) in [6.07, 6.45) is 1.66. The van der Waals surface area contributed by atoms with Crippen LogP contribution >= 0.6 is 12.4 Å². The van der Waals surface area contributed by atoms with Gasteiger partial charge in [0, 0.05) is 19.2 Å². The summed E-state index contributed by atoms with van der Waals surface area (Å²) in [6, 6.07) is 11.7. The first-order valence-electron chi connectivity index (χ1n) is 6.50. The van der Waals surface area contributed by atoms with E-state index in [4.69, 9.17) is 13.9 Å². The molecule has 20 heavy (non-hydrogen) atoms. The van der Waals surface area contributed by atoms with Crippen LogP contribution in [0.25, 0.3) is 0 Å². The highest BCUT2D eigenvalue weighted by molar-refractivity contribution is 5.85. The van der Waals surface area contributed by atoms with Crippen molar-refractivity contribution in [3.63, 3.8) is 0 Å². The summed E-state index contributed by atoms with van der Waals surface area (Å²) in [5, 5.41) is 0. The molecular weight excluding hydrogens is 278 g/mol. The van der Waals surface area contributed by atoms with Gasteiger partial charge in [-0.25, -0.2) is 0 Å². The lowest BCUT2D eigenvalue weighted by Crippen LogP contribution is -2.35. The van der Waals surface area contributed by atoms with Crippen molar-refractivity contribution in [2.75, 3.05) is 26.3 Å². The first-order valence-corrected chi connectivity index (χ1v) is 6.50. The van der Waals surface area contributed by atoms with E-state index in [1.807, 2.05) is 36.4 Å². The van der Waals surface area contributed by atoms with Gasteiger partial charge in [0.25, 0.3) is 0 Å². The smallest absolute Gasteiger partial charge is 0.165 e. The number of halogens is 1. The molecule has 0 amide bonds. The van der Waals surface area contributed by atoms with Gasteiger partial charge >= 0.3 is 0 Å². The summed E-state index contributed by atoms with van der Waals surface area (Å²) < 4.78 is 16.6. The van der Waals surface area contributed by atoms with Gasteiger partial charge in [0.05, 0.1) is 19.8 Å². The Hall–Kier alpha value is -1.49. The molecule has 0 atom stereocenters. The molecule has 1 aliphatic heterocycles. The quantitative estimate of drug-likeness (QED) is 0.866. The highest BCUT2D eigenvalue weighted by atomic mass is 35.5. The fraction of sp³-hybridized carbons (Fsp3) is 0.333. The molecule has 0 bridgehead atoms. The molecule has 0 N–H and O–H groups in total. The molecule has 0 radical (unpaired) electrons. The van der Waals surface area contributed by atoms with Crippen molar-refractivity contribution >= 4 is 12.4 Å². The van der Waals surface area contributed by atoms with Gasteiger partial charge < -0.3 is 13.9 Å². The van der Waals surface area contributed by atoms with Crippen LogP contribution in [-0.4, -0.2) is 31.2 Å². The fourth-order valence-electron chi connectivity index (χ4n) is 2.10. The molecule has 0 saturated carbocycles. The molecular formula is C15H18ClNO3. The molecule has 1 aromatic heterocycles. The Balaban J connectivity index is 0.00000147. The van der Waals surface area contributed by atoms with E-state index >= 15 is 0 Å². The number of para-hydroxylation sites is 1. The lowest BCUT2D eigenvalue weighted by atomic mass is 10.3. The van der Waals surface area contributed by atoms with Gasteiger partial charge in [-0.1, -0.05) is 18.2 Å². The minimum Gasteiger partial charge on any atom is -0.464 e. The number of ether oxygens (including phenoxy) is 2. The highest BCUT2D eigenvalue weighted by Gasteiger charge is 2.13. The second-order valence-electron chi connectivity index (χ2n) is 4.55. The van der Waals surface area contributed by atoms with E-state index in [1.165, 1.54) is 0 Å². The predicted molar refractivity (Wildman–Crippen MR) is 78.6 cm³/mol. The SMILES string of the molecule is Cl.c1ccc(Oc2coc(CN3CCOCC3)c2)cc1. The Kier molecular flexibility index (Phi) is 5.47. The monoisotopic (exact) mass is 295 g/mol. The largest absolute Gasteiger partial charge is 0.464 e. The number of rotatable bonds is 4. The summed E-state index contributed by atoms with van der Waals surface area (Å²) in [5.74, 6) is 2.49. The van der Waals surface area contributed by atoms with E-state index in [2.05, 4.69) is 4.90 Å². The molecule has 5 heteroatoms. The van der Waals surface area contributed by atoms with Crippen LogP contribution in [0.2, 0.25) is 0 Å². The molecule has 0 spiro atoms. The average Bonchev–Trinajstić information content (AvgIpc) is 2.88. The molecule has 3 rings (SSSR count). The van der Waals surface area contributed by atoms with Gasteiger partial charge in [-0.3, -0.25) is 4.90 Å². The van der Waals surface area contributed by atoms with Crippen LogP contribution in [0.5, 0.6) is 11.5 Å². The summed E-state index contributed by atoms with van der Waals surface area (Å²) in [6.45, 7) is 4.31. The van der Waals surface area contributed by atoms with Crippen LogP contribution < -0.4 is 4.74 Å². The molecule has 1 aromatic carbocycles. The van der Waals surface area contributed by atoms with Crippen LogP contribution in [0.1, 0.15) is 5.76 Å². The van der Waals surface area contributed by atoms with E-state index in [1.54, 1.807) is 6.26 Å². The van der Waals surface area contributed by atoms with Gasteiger partial charge in [-0.05, 0) is 12.1 Å². The Morgan fingerprint density at radius 3 is 2.55 bits per heavy atom. The molecule has 2 aromatic rings. The van der Waals surface area contributed by atoms with E-state index in [-0.39, 0.29) is 12.4 Å². The third-order valence-corrected chi connectivity index (χ3v) is 3.09. The number of benzene rings is 1. The Morgan fingerprint density at radius 2 is 1.80 bits per heavy atom. The number of hydrogen-bond acceptors (Lipinski definition) is 4.